The van der Waals surface area contributed by atoms with Crippen LogP contribution in [0.2, 0.25) is 0 Å². The first kappa shape index (κ1) is 17.3. The maximum atomic E-state index is 10.5. The Morgan fingerprint density at radius 2 is 1.68 bits per heavy atom. The molecule has 1 rings (SSSR count). The van der Waals surface area contributed by atoms with Crippen LogP contribution in [0.15, 0.2) is 0 Å². The van der Waals surface area contributed by atoms with E-state index >= 15 is 0 Å². The first-order valence-corrected chi connectivity index (χ1v) is 8.64. The van der Waals surface area contributed by atoms with E-state index in [1.54, 1.807) is 0 Å². The molecule has 1 aliphatic carbocycles. The SMILES string of the molecule is CCCC(CS)(CCC)CN(C)CC1(O)CCCC1. The number of nitrogens with zero attached hydrogens (tertiary/aromatic N) is 1. The normalized spacial score (nSPS) is 19.3. The second kappa shape index (κ2) is 7.90. The fourth-order valence-electron chi connectivity index (χ4n) is 3.87. The Bertz CT molecular complexity index is 245. The molecule has 0 heterocycles. The molecular formula is C16H33NOS. The maximum absolute atomic E-state index is 10.5. The molecule has 0 amide bonds. The van der Waals surface area contributed by atoms with Crippen LogP contribution >= 0.6 is 12.6 Å². The Hall–Kier alpha value is 0.270. The van der Waals surface area contributed by atoms with Gasteiger partial charge in [-0.3, -0.25) is 0 Å². The van der Waals surface area contributed by atoms with Gasteiger partial charge >= 0.3 is 0 Å². The van der Waals surface area contributed by atoms with E-state index in [2.05, 4.69) is 38.4 Å². The van der Waals surface area contributed by atoms with Gasteiger partial charge in [-0.25, -0.2) is 0 Å². The van der Waals surface area contributed by atoms with Gasteiger partial charge in [0.1, 0.15) is 0 Å². The third kappa shape index (κ3) is 5.28. The van der Waals surface area contributed by atoms with Crippen molar-refractivity contribution in [2.45, 2.75) is 70.8 Å². The number of likely N-dealkylation sites (N-methyl/N-ethyl adjacent to an activating group) is 1. The lowest BCUT2D eigenvalue weighted by atomic mass is 9.80. The lowest BCUT2D eigenvalue weighted by Crippen LogP contribution is -2.45. The van der Waals surface area contributed by atoms with Crippen LogP contribution in [0, 0.1) is 5.41 Å². The van der Waals surface area contributed by atoms with Crippen LogP contribution in [-0.2, 0) is 0 Å². The van der Waals surface area contributed by atoms with E-state index in [9.17, 15) is 5.11 Å². The molecule has 0 aromatic rings. The van der Waals surface area contributed by atoms with Crippen LogP contribution in [-0.4, -0.2) is 41.5 Å². The fourth-order valence-corrected chi connectivity index (χ4v) is 4.29. The second-order valence-corrected chi connectivity index (χ2v) is 7.08. The molecule has 2 nitrogen and oxygen atoms in total. The van der Waals surface area contributed by atoms with Crippen molar-refractivity contribution in [3.05, 3.63) is 0 Å². The molecule has 1 aliphatic rings. The van der Waals surface area contributed by atoms with Crippen molar-refractivity contribution >= 4 is 12.6 Å². The van der Waals surface area contributed by atoms with Crippen molar-refractivity contribution in [2.75, 3.05) is 25.9 Å². The van der Waals surface area contributed by atoms with Crippen LogP contribution in [0.3, 0.4) is 0 Å². The molecule has 3 heteroatoms. The van der Waals surface area contributed by atoms with Crippen molar-refractivity contribution in [3.8, 4) is 0 Å². The Kier molecular flexibility index (Phi) is 7.20. The molecule has 19 heavy (non-hydrogen) atoms. The zero-order valence-electron chi connectivity index (χ0n) is 13.1. The van der Waals surface area contributed by atoms with Crippen LogP contribution < -0.4 is 0 Å². The molecule has 0 unspecified atom stereocenters. The van der Waals surface area contributed by atoms with E-state index < -0.39 is 5.60 Å². The van der Waals surface area contributed by atoms with E-state index in [-0.39, 0.29) is 0 Å². The fraction of sp³-hybridized carbons (Fsp3) is 1.00. The van der Waals surface area contributed by atoms with Crippen molar-refractivity contribution < 1.29 is 5.11 Å². The number of thiol groups is 1. The van der Waals surface area contributed by atoms with E-state index in [4.69, 9.17) is 0 Å². The van der Waals surface area contributed by atoms with Crippen LogP contribution in [0.1, 0.15) is 65.2 Å². The molecule has 0 saturated heterocycles. The lowest BCUT2D eigenvalue weighted by Gasteiger charge is -2.38. The van der Waals surface area contributed by atoms with Gasteiger partial charge < -0.3 is 10.0 Å². The van der Waals surface area contributed by atoms with E-state index in [1.165, 1.54) is 38.5 Å². The third-order valence-corrected chi connectivity index (χ3v) is 5.27. The summed E-state index contributed by atoms with van der Waals surface area (Å²) in [5.74, 6) is 0.956. The Labute approximate surface area is 125 Å². The predicted octanol–water partition coefficient (Wildman–Crippen LogP) is 3.74. The van der Waals surface area contributed by atoms with Gasteiger partial charge in [-0.2, -0.15) is 12.6 Å². The average molecular weight is 288 g/mol. The zero-order valence-corrected chi connectivity index (χ0v) is 14.0. The Morgan fingerprint density at radius 1 is 1.16 bits per heavy atom. The lowest BCUT2D eigenvalue weighted by molar-refractivity contribution is 0.00553. The molecule has 0 atom stereocenters. The van der Waals surface area contributed by atoms with Gasteiger partial charge in [0.2, 0.25) is 0 Å². The van der Waals surface area contributed by atoms with Crippen molar-refractivity contribution in [3.63, 3.8) is 0 Å². The molecule has 0 radical (unpaired) electrons. The zero-order chi connectivity index (χ0) is 14.4. The van der Waals surface area contributed by atoms with Gasteiger partial charge in [0.05, 0.1) is 5.60 Å². The summed E-state index contributed by atoms with van der Waals surface area (Å²) in [5.41, 5.74) is -0.0914. The summed E-state index contributed by atoms with van der Waals surface area (Å²) < 4.78 is 0. The summed E-state index contributed by atoms with van der Waals surface area (Å²) in [7, 11) is 2.17. The third-order valence-electron chi connectivity index (χ3n) is 4.60. The quantitative estimate of drug-likeness (QED) is 0.631. The molecule has 0 aromatic heterocycles. The van der Waals surface area contributed by atoms with E-state index in [1.807, 2.05) is 0 Å². The summed E-state index contributed by atoms with van der Waals surface area (Å²) in [6.07, 6.45) is 9.26. The molecular weight excluding hydrogens is 254 g/mol. The van der Waals surface area contributed by atoms with Crippen LogP contribution in [0.5, 0.6) is 0 Å². The minimum absolute atomic E-state index is 0.330. The van der Waals surface area contributed by atoms with Gasteiger partial charge in [0, 0.05) is 13.1 Å². The summed E-state index contributed by atoms with van der Waals surface area (Å²) in [6, 6.07) is 0. The standard InChI is InChI=1S/C16H33NOS/c1-4-8-15(14-19,9-5-2)12-17(3)13-16(18)10-6-7-11-16/h18-19H,4-14H2,1-3H3. The number of aliphatic hydroxyl groups is 1. The van der Waals surface area contributed by atoms with Crippen molar-refractivity contribution in [1.82, 2.24) is 4.90 Å². The molecule has 0 aliphatic heterocycles. The second-order valence-electron chi connectivity index (χ2n) is 6.76. The largest absolute Gasteiger partial charge is 0.389 e. The minimum atomic E-state index is -0.421. The smallest absolute Gasteiger partial charge is 0.0774 e. The van der Waals surface area contributed by atoms with Crippen LogP contribution in [0.4, 0.5) is 0 Å². The first-order valence-electron chi connectivity index (χ1n) is 8.01. The van der Waals surface area contributed by atoms with E-state index in [0.717, 1.165) is 31.7 Å². The molecule has 0 bridgehead atoms. The molecule has 1 fully saturated rings. The number of hydrogen-bond donors (Lipinski definition) is 2. The molecule has 1 N–H and O–H groups in total. The van der Waals surface area contributed by atoms with Crippen LogP contribution in [0.25, 0.3) is 0 Å². The highest BCUT2D eigenvalue weighted by Gasteiger charge is 2.35. The van der Waals surface area contributed by atoms with Crippen molar-refractivity contribution in [1.29, 1.82) is 0 Å². The highest BCUT2D eigenvalue weighted by Crippen LogP contribution is 2.34. The van der Waals surface area contributed by atoms with E-state index in [0.29, 0.717) is 5.41 Å². The molecule has 0 spiro atoms. The van der Waals surface area contributed by atoms with Gasteiger partial charge in [0.15, 0.2) is 0 Å². The summed E-state index contributed by atoms with van der Waals surface area (Å²) >= 11 is 4.62. The number of hydrogen-bond acceptors (Lipinski definition) is 3. The molecule has 1 saturated carbocycles. The number of rotatable bonds is 9. The Morgan fingerprint density at radius 3 is 2.11 bits per heavy atom. The topological polar surface area (TPSA) is 23.5 Å². The summed E-state index contributed by atoms with van der Waals surface area (Å²) in [6.45, 7) is 6.42. The average Bonchev–Trinajstić information content (AvgIpc) is 2.75. The monoisotopic (exact) mass is 287 g/mol. The van der Waals surface area contributed by atoms with Gasteiger partial charge in [-0.1, -0.05) is 39.5 Å². The van der Waals surface area contributed by atoms with Gasteiger partial charge in [-0.05, 0) is 43.9 Å². The maximum Gasteiger partial charge on any atom is 0.0774 e. The summed E-state index contributed by atoms with van der Waals surface area (Å²) in [5, 5.41) is 10.5. The predicted molar refractivity (Wildman–Crippen MR) is 87.0 cm³/mol. The van der Waals surface area contributed by atoms with Gasteiger partial charge in [-0.15, -0.1) is 0 Å². The highest BCUT2D eigenvalue weighted by molar-refractivity contribution is 7.80. The molecule has 0 aromatic carbocycles. The van der Waals surface area contributed by atoms with Gasteiger partial charge in [0.25, 0.3) is 0 Å². The highest BCUT2D eigenvalue weighted by atomic mass is 32.1. The summed E-state index contributed by atoms with van der Waals surface area (Å²) in [4.78, 5) is 2.35. The minimum Gasteiger partial charge on any atom is -0.389 e. The molecule has 114 valence electrons. The Balaban J connectivity index is 2.56. The first-order chi connectivity index (χ1) is 8.99. The van der Waals surface area contributed by atoms with Crippen molar-refractivity contribution in [2.24, 2.45) is 5.41 Å².